The van der Waals surface area contributed by atoms with Gasteiger partial charge in [-0.25, -0.2) is 4.98 Å². The summed E-state index contributed by atoms with van der Waals surface area (Å²) < 4.78 is 0.854. The molecule has 0 bridgehead atoms. The quantitative estimate of drug-likeness (QED) is 0.917. The molecule has 1 aliphatic carbocycles. The van der Waals surface area contributed by atoms with Crippen LogP contribution in [0.3, 0.4) is 0 Å². The van der Waals surface area contributed by atoms with Crippen LogP contribution in [0.4, 0.5) is 5.95 Å². The lowest BCUT2D eigenvalue weighted by Crippen LogP contribution is -2.05. The van der Waals surface area contributed by atoms with Crippen molar-refractivity contribution in [2.24, 2.45) is 0 Å². The molecule has 1 saturated carbocycles. The van der Waals surface area contributed by atoms with Crippen LogP contribution >= 0.6 is 15.9 Å². The Bertz CT molecular complexity index is 568. The van der Waals surface area contributed by atoms with Crippen molar-refractivity contribution >= 4 is 21.9 Å². The van der Waals surface area contributed by atoms with Gasteiger partial charge in [-0.1, -0.05) is 0 Å². The summed E-state index contributed by atoms with van der Waals surface area (Å²) in [6, 6.07) is 3.75. The second-order valence-corrected chi connectivity index (χ2v) is 4.84. The third-order valence-electron chi connectivity index (χ3n) is 2.58. The van der Waals surface area contributed by atoms with E-state index >= 15 is 0 Å². The van der Waals surface area contributed by atoms with Crippen LogP contribution in [-0.2, 0) is 0 Å². The van der Waals surface area contributed by atoms with E-state index in [0.717, 1.165) is 23.1 Å². The third kappa shape index (κ3) is 2.12. The molecule has 17 heavy (non-hydrogen) atoms. The average molecular weight is 292 g/mol. The van der Waals surface area contributed by atoms with Crippen molar-refractivity contribution in [1.82, 2.24) is 19.9 Å². The monoisotopic (exact) mass is 291 g/mol. The molecule has 0 aliphatic heterocycles. The maximum absolute atomic E-state index is 5.71. The Hall–Kier alpha value is -1.56. The van der Waals surface area contributed by atoms with Gasteiger partial charge in [0.05, 0.1) is 0 Å². The van der Waals surface area contributed by atoms with Crippen LogP contribution in [0.5, 0.6) is 0 Å². The van der Waals surface area contributed by atoms with Crippen LogP contribution in [0.2, 0.25) is 0 Å². The lowest BCUT2D eigenvalue weighted by atomic mass is 10.3. The second kappa shape index (κ2) is 4.03. The van der Waals surface area contributed by atoms with Gasteiger partial charge in [0.15, 0.2) is 5.82 Å². The lowest BCUT2D eigenvalue weighted by molar-refractivity contribution is 0.898. The highest BCUT2D eigenvalue weighted by Crippen LogP contribution is 2.38. The molecule has 0 aromatic carbocycles. The fourth-order valence-corrected chi connectivity index (χ4v) is 2.02. The molecule has 0 saturated heterocycles. The van der Waals surface area contributed by atoms with E-state index in [2.05, 4.69) is 35.9 Å². The first-order valence-electron chi connectivity index (χ1n) is 5.36. The van der Waals surface area contributed by atoms with E-state index in [4.69, 9.17) is 5.73 Å². The predicted molar refractivity (Wildman–Crippen MR) is 67.1 cm³/mol. The first-order chi connectivity index (χ1) is 8.24. The second-order valence-electron chi connectivity index (χ2n) is 3.98. The van der Waals surface area contributed by atoms with Gasteiger partial charge in [-0.3, -0.25) is 4.98 Å². The Morgan fingerprint density at radius 1 is 1.24 bits per heavy atom. The highest BCUT2D eigenvalue weighted by Gasteiger charge is 2.28. The fourth-order valence-electron chi connectivity index (χ4n) is 1.59. The van der Waals surface area contributed by atoms with E-state index in [1.165, 1.54) is 0 Å². The summed E-state index contributed by atoms with van der Waals surface area (Å²) in [5, 5.41) is 0. The standard InChI is InChI=1S/C11H10BrN5/c12-7-2-1-5-14-8(7)10-15-9(6-3-4-6)16-11(13)17-10/h1-2,5-6H,3-4H2,(H2,13,15,16,17). The van der Waals surface area contributed by atoms with Crippen molar-refractivity contribution in [3.63, 3.8) is 0 Å². The Balaban J connectivity index is 2.11. The lowest BCUT2D eigenvalue weighted by Gasteiger charge is -2.04. The fraction of sp³-hybridized carbons (Fsp3) is 0.273. The summed E-state index contributed by atoms with van der Waals surface area (Å²) in [6.45, 7) is 0. The first kappa shape index (κ1) is 10.6. The number of nitrogen functional groups attached to an aromatic ring is 1. The molecule has 6 heteroatoms. The minimum Gasteiger partial charge on any atom is -0.368 e. The van der Waals surface area contributed by atoms with Gasteiger partial charge in [0.2, 0.25) is 5.95 Å². The highest BCUT2D eigenvalue weighted by atomic mass is 79.9. The normalized spacial score (nSPS) is 14.9. The van der Waals surface area contributed by atoms with E-state index < -0.39 is 0 Å². The van der Waals surface area contributed by atoms with Gasteiger partial charge < -0.3 is 5.73 Å². The largest absolute Gasteiger partial charge is 0.368 e. The molecule has 2 heterocycles. The van der Waals surface area contributed by atoms with Crippen molar-refractivity contribution in [1.29, 1.82) is 0 Å². The summed E-state index contributed by atoms with van der Waals surface area (Å²) in [7, 11) is 0. The van der Waals surface area contributed by atoms with Gasteiger partial charge in [0.25, 0.3) is 0 Å². The van der Waals surface area contributed by atoms with Crippen LogP contribution in [0.25, 0.3) is 11.5 Å². The highest BCUT2D eigenvalue weighted by molar-refractivity contribution is 9.10. The number of hydrogen-bond acceptors (Lipinski definition) is 5. The van der Waals surface area contributed by atoms with Crippen LogP contribution in [0.1, 0.15) is 24.6 Å². The summed E-state index contributed by atoms with van der Waals surface area (Å²) in [6.07, 6.45) is 3.97. The molecular formula is C11H10BrN5. The summed E-state index contributed by atoms with van der Waals surface area (Å²) in [5.74, 6) is 2.02. The summed E-state index contributed by atoms with van der Waals surface area (Å²) in [5.41, 5.74) is 6.40. The molecule has 1 fully saturated rings. The van der Waals surface area contributed by atoms with E-state index in [9.17, 15) is 0 Å². The minimum atomic E-state index is 0.259. The number of aromatic nitrogens is 4. The van der Waals surface area contributed by atoms with Crippen molar-refractivity contribution in [3.05, 3.63) is 28.6 Å². The molecule has 3 rings (SSSR count). The van der Waals surface area contributed by atoms with Crippen molar-refractivity contribution in [3.8, 4) is 11.5 Å². The summed E-state index contributed by atoms with van der Waals surface area (Å²) >= 11 is 3.43. The molecule has 1 aliphatic rings. The molecule has 0 atom stereocenters. The molecule has 0 unspecified atom stereocenters. The number of halogens is 1. The zero-order valence-electron chi connectivity index (χ0n) is 8.97. The molecule has 5 nitrogen and oxygen atoms in total. The SMILES string of the molecule is Nc1nc(-c2ncccc2Br)nc(C2CC2)n1. The Kier molecular flexibility index (Phi) is 2.51. The van der Waals surface area contributed by atoms with E-state index in [-0.39, 0.29) is 5.95 Å². The Labute approximate surface area is 107 Å². The number of pyridine rings is 1. The molecule has 2 aromatic heterocycles. The molecule has 0 radical (unpaired) electrons. The van der Waals surface area contributed by atoms with E-state index in [1.54, 1.807) is 6.20 Å². The van der Waals surface area contributed by atoms with Gasteiger partial charge in [-0.2, -0.15) is 9.97 Å². The van der Waals surface area contributed by atoms with E-state index in [1.807, 2.05) is 12.1 Å². The maximum atomic E-state index is 5.71. The number of anilines is 1. The van der Waals surface area contributed by atoms with E-state index in [0.29, 0.717) is 17.4 Å². The molecule has 2 aromatic rings. The predicted octanol–water partition coefficient (Wildman–Crippen LogP) is 2.16. The molecule has 0 spiro atoms. The Morgan fingerprint density at radius 3 is 2.76 bits per heavy atom. The van der Waals surface area contributed by atoms with Crippen LogP contribution in [-0.4, -0.2) is 19.9 Å². The first-order valence-corrected chi connectivity index (χ1v) is 6.15. The number of nitrogens with two attached hydrogens (primary N) is 1. The summed E-state index contributed by atoms with van der Waals surface area (Å²) in [4.78, 5) is 17.0. The zero-order chi connectivity index (χ0) is 11.8. The zero-order valence-corrected chi connectivity index (χ0v) is 10.6. The maximum Gasteiger partial charge on any atom is 0.223 e. The van der Waals surface area contributed by atoms with Crippen LogP contribution in [0, 0.1) is 0 Å². The van der Waals surface area contributed by atoms with Crippen molar-refractivity contribution in [2.75, 3.05) is 5.73 Å². The smallest absolute Gasteiger partial charge is 0.223 e. The van der Waals surface area contributed by atoms with Gasteiger partial charge in [-0.05, 0) is 40.9 Å². The van der Waals surface area contributed by atoms with Crippen molar-refractivity contribution < 1.29 is 0 Å². The Morgan fingerprint density at radius 2 is 2.06 bits per heavy atom. The topological polar surface area (TPSA) is 77.6 Å². The minimum absolute atomic E-state index is 0.259. The molecule has 2 N–H and O–H groups in total. The van der Waals surface area contributed by atoms with Crippen molar-refractivity contribution in [2.45, 2.75) is 18.8 Å². The van der Waals surface area contributed by atoms with Crippen LogP contribution < -0.4 is 5.73 Å². The number of nitrogens with zero attached hydrogens (tertiary/aromatic N) is 4. The molecular weight excluding hydrogens is 282 g/mol. The third-order valence-corrected chi connectivity index (χ3v) is 3.22. The number of rotatable bonds is 2. The molecule has 86 valence electrons. The van der Waals surface area contributed by atoms with Gasteiger partial charge >= 0.3 is 0 Å². The number of hydrogen-bond donors (Lipinski definition) is 1. The van der Waals surface area contributed by atoms with Gasteiger partial charge in [-0.15, -0.1) is 0 Å². The van der Waals surface area contributed by atoms with Crippen LogP contribution in [0.15, 0.2) is 22.8 Å². The van der Waals surface area contributed by atoms with Gasteiger partial charge in [0, 0.05) is 16.6 Å². The molecule has 0 amide bonds. The average Bonchev–Trinajstić information content (AvgIpc) is 3.12. The van der Waals surface area contributed by atoms with Gasteiger partial charge in [0.1, 0.15) is 11.5 Å².